The SMILES string of the molecule is CCCCC/C=C/CCC(=O)OC(COCCC(C(=O)O)[N+](C)(C)C)COC(=O)CCCCCCCCCCCCCCCCCCCCCC. The van der Waals surface area contributed by atoms with E-state index >= 15 is 0 Å². The van der Waals surface area contributed by atoms with Crippen LogP contribution in [0.3, 0.4) is 0 Å². The molecule has 0 aliphatic carbocycles. The molecule has 2 unspecified atom stereocenters. The molecule has 1 N–H and O–H groups in total. The molecule has 0 rings (SSSR count). The Balaban J connectivity index is 4.14. The van der Waals surface area contributed by atoms with Gasteiger partial charge >= 0.3 is 17.9 Å². The fourth-order valence-electron chi connectivity index (χ4n) is 6.34. The summed E-state index contributed by atoms with van der Waals surface area (Å²) >= 11 is 0. The summed E-state index contributed by atoms with van der Waals surface area (Å²) in [5, 5.41) is 9.57. The number of carboxylic acids is 1. The summed E-state index contributed by atoms with van der Waals surface area (Å²) in [5.41, 5.74) is 0. The summed E-state index contributed by atoms with van der Waals surface area (Å²) in [4.78, 5) is 36.7. The fourth-order valence-corrected chi connectivity index (χ4v) is 6.34. The maximum atomic E-state index is 12.5. The molecule has 0 aromatic heterocycles. The van der Waals surface area contributed by atoms with Crippen LogP contribution >= 0.6 is 0 Å². The summed E-state index contributed by atoms with van der Waals surface area (Å²) in [6.45, 7) is 4.65. The van der Waals surface area contributed by atoms with Gasteiger partial charge in [-0.05, 0) is 25.7 Å². The van der Waals surface area contributed by atoms with E-state index in [1.54, 1.807) is 0 Å². The Bertz CT molecular complexity index is 854. The standard InChI is InChI=1S/C43H81NO7/c1-6-8-10-12-14-15-16-17-18-19-20-21-22-23-24-25-26-28-29-31-33-41(45)50-38-39(37-49-36-35-40(43(47)48)44(3,4)5)51-42(46)34-32-30-27-13-11-9-7-2/h27,30,39-40H,6-26,28-29,31-38H2,1-5H3/p+1/b30-27+. The number of aliphatic carboxylic acids is 1. The molecule has 0 saturated carbocycles. The number of carboxylic acid groups (broad SMARTS) is 1. The second kappa shape index (κ2) is 35.1. The van der Waals surface area contributed by atoms with Gasteiger partial charge in [-0.3, -0.25) is 9.59 Å². The van der Waals surface area contributed by atoms with E-state index in [9.17, 15) is 19.5 Å². The normalized spacial score (nSPS) is 13.0. The van der Waals surface area contributed by atoms with Gasteiger partial charge in [-0.15, -0.1) is 0 Å². The first kappa shape index (κ1) is 49.1. The van der Waals surface area contributed by atoms with E-state index in [0.717, 1.165) is 32.1 Å². The van der Waals surface area contributed by atoms with Crippen LogP contribution in [0.5, 0.6) is 0 Å². The van der Waals surface area contributed by atoms with Gasteiger partial charge < -0.3 is 23.8 Å². The second-order valence-corrected chi connectivity index (χ2v) is 15.6. The van der Waals surface area contributed by atoms with E-state index in [1.165, 1.54) is 122 Å². The van der Waals surface area contributed by atoms with Crippen LogP contribution in [0.4, 0.5) is 0 Å². The first-order chi connectivity index (χ1) is 24.6. The third-order valence-corrected chi connectivity index (χ3v) is 9.68. The molecule has 0 aromatic rings. The highest BCUT2D eigenvalue weighted by atomic mass is 16.6. The van der Waals surface area contributed by atoms with Crippen molar-refractivity contribution in [2.75, 3.05) is 41.0 Å². The van der Waals surface area contributed by atoms with Crippen molar-refractivity contribution in [3.05, 3.63) is 12.2 Å². The van der Waals surface area contributed by atoms with Crippen molar-refractivity contribution in [2.45, 2.75) is 206 Å². The van der Waals surface area contributed by atoms with Gasteiger partial charge in [0.25, 0.3) is 0 Å². The molecule has 0 fully saturated rings. The molecule has 8 heteroatoms. The van der Waals surface area contributed by atoms with Crippen molar-refractivity contribution in [1.82, 2.24) is 0 Å². The molecule has 51 heavy (non-hydrogen) atoms. The van der Waals surface area contributed by atoms with E-state index < -0.39 is 18.1 Å². The zero-order chi connectivity index (χ0) is 37.8. The number of hydrogen-bond donors (Lipinski definition) is 1. The third-order valence-electron chi connectivity index (χ3n) is 9.68. The van der Waals surface area contributed by atoms with Crippen LogP contribution in [-0.4, -0.2) is 80.6 Å². The van der Waals surface area contributed by atoms with Crippen LogP contribution in [0.25, 0.3) is 0 Å². The smallest absolute Gasteiger partial charge is 0.362 e. The van der Waals surface area contributed by atoms with Crippen LogP contribution in [0.1, 0.15) is 194 Å². The molecular weight excluding hydrogens is 642 g/mol. The van der Waals surface area contributed by atoms with Crippen molar-refractivity contribution in [1.29, 1.82) is 0 Å². The number of unbranched alkanes of at least 4 members (excludes halogenated alkanes) is 22. The molecule has 8 nitrogen and oxygen atoms in total. The van der Waals surface area contributed by atoms with Gasteiger partial charge in [-0.2, -0.15) is 0 Å². The molecule has 0 heterocycles. The predicted octanol–water partition coefficient (Wildman–Crippen LogP) is 11.1. The average molecular weight is 725 g/mol. The Labute approximate surface area is 314 Å². The highest BCUT2D eigenvalue weighted by Gasteiger charge is 2.31. The Kier molecular flexibility index (Phi) is 33.8. The Morgan fingerprint density at radius 3 is 1.49 bits per heavy atom. The minimum atomic E-state index is -0.879. The number of carbonyl (C=O) groups excluding carboxylic acids is 2. The van der Waals surface area contributed by atoms with Crippen molar-refractivity contribution < 1.29 is 38.2 Å². The largest absolute Gasteiger partial charge is 0.477 e. The Hall–Kier alpha value is -1.93. The van der Waals surface area contributed by atoms with Gasteiger partial charge in [0.1, 0.15) is 6.61 Å². The van der Waals surface area contributed by atoms with Crippen LogP contribution in [0.2, 0.25) is 0 Å². The van der Waals surface area contributed by atoms with Crippen molar-refractivity contribution >= 4 is 17.9 Å². The Morgan fingerprint density at radius 2 is 1.02 bits per heavy atom. The lowest BCUT2D eigenvalue weighted by molar-refractivity contribution is -0.887. The van der Waals surface area contributed by atoms with Crippen LogP contribution in [0.15, 0.2) is 12.2 Å². The molecule has 300 valence electrons. The van der Waals surface area contributed by atoms with E-state index in [-0.39, 0.29) is 42.7 Å². The number of carbonyl (C=O) groups is 3. The third kappa shape index (κ3) is 33.6. The maximum Gasteiger partial charge on any atom is 0.362 e. The molecule has 0 aromatic carbocycles. The maximum absolute atomic E-state index is 12.5. The van der Waals surface area contributed by atoms with Gasteiger partial charge in [-0.1, -0.05) is 161 Å². The number of hydrogen-bond acceptors (Lipinski definition) is 6. The number of rotatable bonds is 38. The van der Waals surface area contributed by atoms with Gasteiger partial charge in [0.05, 0.1) is 34.4 Å². The monoisotopic (exact) mass is 725 g/mol. The zero-order valence-corrected chi connectivity index (χ0v) is 34.1. The number of likely N-dealkylation sites (N-methyl/N-ethyl adjacent to an activating group) is 1. The topological polar surface area (TPSA) is 99.1 Å². The Morgan fingerprint density at radius 1 is 0.569 bits per heavy atom. The lowest BCUT2D eigenvalue weighted by Gasteiger charge is -2.31. The summed E-state index contributed by atoms with van der Waals surface area (Å²) in [5.74, 6) is -1.53. The number of esters is 2. The molecule has 0 amide bonds. The summed E-state index contributed by atoms with van der Waals surface area (Å²) < 4.78 is 17.1. The van der Waals surface area contributed by atoms with Gasteiger partial charge in [0, 0.05) is 19.3 Å². The minimum absolute atomic E-state index is 0.0503. The highest BCUT2D eigenvalue weighted by molar-refractivity contribution is 5.72. The van der Waals surface area contributed by atoms with E-state index in [0.29, 0.717) is 19.3 Å². The number of quaternary nitrogens is 1. The van der Waals surface area contributed by atoms with E-state index in [4.69, 9.17) is 14.2 Å². The minimum Gasteiger partial charge on any atom is -0.477 e. The first-order valence-electron chi connectivity index (χ1n) is 21.2. The summed E-state index contributed by atoms with van der Waals surface area (Å²) in [7, 11) is 5.51. The molecule has 0 saturated heterocycles. The molecular formula is C43H82NO7+. The van der Waals surface area contributed by atoms with Crippen molar-refractivity contribution in [3.8, 4) is 0 Å². The average Bonchev–Trinajstić information content (AvgIpc) is 3.08. The van der Waals surface area contributed by atoms with E-state index in [1.807, 2.05) is 27.2 Å². The first-order valence-corrected chi connectivity index (χ1v) is 21.2. The summed E-state index contributed by atoms with van der Waals surface area (Å²) in [6, 6.07) is -0.614. The van der Waals surface area contributed by atoms with Crippen molar-refractivity contribution in [2.24, 2.45) is 0 Å². The van der Waals surface area contributed by atoms with Crippen molar-refractivity contribution in [3.63, 3.8) is 0 Å². The number of ether oxygens (including phenoxy) is 3. The molecule has 0 aliphatic rings. The lowest BCUT2D eigenvalue weighted by Crippen LogP contribution is -2.50. The highest BCUT2D eigenvalue weighted by Crippen LogP contribution is 2.16. The quantitative estimate of drug-likeness (QED) is 0.0293. The fraction of sp³-hybridized carbons (Fsp3) is 0.884. The zero-order valence-electron chi connectivity index (χ0n) is 34.1. The van der Waals surface area contributed by atoms with Crippen LogP contribution < -0.4 is 0 Å². The van der Waals surface area contributed by atoms with Crippen LogP contribution in [-0.2, 0) is 28.6 Å². The molecule has 0 radical (unpaired) electrons. The molecule has 2 atom stereocenters. The summed E-state index contributed by atoms with van der Waals surface area (Å²) in [6.07, 6.45) is 35.8. The van der Waals surface area contributed by atoms with Crippen LogP contribution in [0, 0.1) is 0 Å². The second-order valence-electron chi connectivity index (χ2n) is 15.6. The molecule has 0 bridgehead atoms. The number of nitrogens with zero attached hydrogens (tertiary/aromatic N) is 1. The van der Waals surface area contributed by atoms with Gasteiger partial charge in [0.15, 0.2) is 12.1 Å². The predicted molar refractivity (Wildman–Crippen MR) is 211 cm³/mol. The van der Waals surface area contributed by atoms with Gasteiger partial charge in [-0.25, -0.2) is 4.79 Å². The van der Waals surface area contributed by atoms with E-state index in [2.05, 4.69) is 19.9 Å². The lowest BCUT2D eigenvalue weighted by atomic mass is 10.0. The molecule has 0 aliphatic heterocycles. The van der Waals surface area contributed by atoms with Gasteiger partial charge in [0.2, 0.25) is 0 Å². The molecule has 0 spiro atoms. The number of allylic oxidation sites excluding steroid dienone is 2.